The van der Waals surface area contributed by atoms with Crippen molar-refractivity contribution in [1.82, 2.24) is 0 Å². The summed E-state index contributed by atoms with van der Waals surface area (Å²) in [5, 5.41) is 0. The lowest BCUT2D eigenvalue weighted by molar-refractivity contribution is 0.487. The normalized spacial score (nSPS) is 10.0. The highest BCUT2D eigenvalue weighted by Gasteiger charge is 1.97. The number of hydrogen-bond donors (Lipinski definition) is 1. The maximum absolute atomic E-state index is 9.96. The van der Waals surface area contributed by atoms with E-state index in [1.54, 1.807) is 6.92 Å². The van der Waals surface area contributed by atoms with Crippen molar-refractivity contribution in [3.8, 4) is 11.8 Å². The Morgan fingerprint density at radius 3 is 2.33 bits per heavy atom. The monoisotopic (exact) mass is 148 g/mol. The minimum atomic E-state index is -3.87. The van der Waals surface area contributed by atoms with Gasteiger partial charge in [0.2, 0.25) is 0 Å². The Bertz CT molecular complexity index is 216. The largest absolute Gasteiger partial charge is 0.285 e. The molecule has 4 heteroatoms. The van der Waals surface area contributed by atoms with Gasteiger partial charge < -0.3 is 0 Å². The van der Waals surface area contributed by atoms with Gasteiger partial charge in [0.25, 0.3) is 10.1 Å². The summed E-state index contributed by atoms with van der Waals surface area (Å²) in [5.74, 6) is 4.35. The molecular weight excluding hydrogens is 140 g/mol. The van der Waals surface area contributed by atoms with E-state index in [9.17, 15) is 8.42 Å². The van der Waals surface area contributed by atoms with Gasteiger partial charge in [-0.3, -0.25) is 4.55 Å². The van der Waals surface area contributed by atoms with Crippen LogP contribution >= 0.6 is 0 Å². The third kappa shape index (κ3) is 7.47. The van der Waals surface area contributed by atoms with Crippen molar-refractivity contribution in [2.45, 2.75) is 13.3 Å². The Morgan fingerprint density at radius 1 is 1.44 bits per heavy atom. The van der Waals surface area contributed by atoms with Crippen molar-refractivity contribution in [1.29, 1.82) is 0 Å². The molecule has 0 fully saturated rings. The molecule has 0 atom stereocenters. The number of rotatable bonds is 1. The van der Waals surface area contributed by atoms with Crippen LogP contribution in [0.25, 0.3) is 0 Å². The Kier molecular flexibility index (Phi) is 3.28. The summed E-state index contributed by atoms with van der Waals surface area (Å²) in [6.07, 6.45) is 0.607. The van der Waals surface area contributed by atoms with E-state index in [1.807, 2.05) is 0 Å². The van der Waals surface area contributed by atoms with Crippen LogP contribution in [0.5, 0.6) is 0 Å². The SMILES string of the molecule is CCC#CCS(=O)(=O)O. The minimum absolute atomic E-state index is 0.458. The van der Waals surface area contributed by atoms with Crippen molar-refractivity contribution in [3.05, 3.63) is 0 Å². The van der Waals surface area contributed by atoms with Gasteiger partial charge in [-0.05, 0) is 0 Å². The molecular formula is C5H8O3S. The van der Waals surface area contributed by atoms with Crippen LogP contribution in [-0.2, 0) is 10.1 Å². The van der Waals surface area contributed by atoms with Crippen molar-refractivity contribution >= 4 is 10.1 Å². The van der Waals surface area contributed by atoms with Gasteiger partial charge in [-0.15, -0.1) is 5.92 Å². The van der Waals surface area contributed by atoms with Gasteiger partial charge >= 0.3 is 0 Å². The average Bonchev–Trinajstić information content (AvgIpc) is 1.63. The maximum atomic E-state index is 9.96. The molecule has 0 bridgehead atoms. The highest BCUT2D eigenvalue weighted by Crippen LogP contribution is 1.78. The second kappa shape index (κ2) is 3.49. The first kappa shape index (κ1) is 8.47. The molecule has 0 heterocycles. The highest BCUT2D eigenvalue weighted by atomic mass is 32.2. The van der Waals surface area contributed by atoms with E-state index in [1.165, 1.54) is 0 Å². The van der Waals surface area contributed by atoms with Crippen LogP contribution in [0, 0.1) is 11.8 Å². The molecule has 0 spiro atoms. The first-order valence-corrected chi connectivity index (χ1v) is 4.08. The van der Waals surface area contributed by atoms with Gasteiger partial charge in [0, 0.05) is 6.42 Å². The summed E-state index contributed by atoms with van der Waals surface area (Å²) >= 11 is 0. The Hall–Kier alpha value is -0.530. The van der Waals surface area contributed by atoms with E-state index >= 15 is 0 Å². The van der Waals surface area contributed by atoms with Gasteiger partial charge in [-0.2, -0.15) is 8.42 Å². The first-order valence-electron chi connectivity index (χ1n) is 2.47. The zero-order valence-corrected chi connectivity index (χ0v) is 5.90. The third-order valence-corrected chi connectivity index (χ3v) is 1.07. The minimum Gasteiger partial charge on any atom is -0.285 e. The predicted molar refractivity (Wildman–Crippen MR) is 34.5 cm³/mol. The summed E-state index contributed by atoms with van der Waals surface area (Å²) in [6, 6.07) is 0. The summed E-state index contributed by atoms with van der Waals surface area (Å²) in [5.41, 5.74) is 0. The fraction of sp³-hybridized carbons (Fsp3) is 0.600. The lowest BCUT2D eigenvalue weighted by Gasteiger charge is -1.81. The lowest BCUT2D eigenvalue weighted by atomic mass is 10.5. The molecule has 0 aromatic carbocycles. The van der Waals surface area contributed by atoms with Crippen LogP contribution in [0.4, 0.5) is 0 Å². The standard InChI is InChI=1S/C5H8O3S/c1-2-3-4-5-9(6,7)8/h2,5H2,1H3,(H,6,7,8). The fourth-order valence-electron chi connectivity index (χ4n) is 0.267. The first-order chi connectivity index (χ1) is 4.06. The quantitative estimate of drug-likeness (QED) is 0.429. The molecule has 0 aliphatic heterocycles. The molecule has 0 unspecified atom stereocenters. The molecule has 0 aromatic rings. The lowest BCUT2D eigenvalue weighted by Crippen LogP contribution is -2.00. The third-order valence-electron chi connectivity index (χ3n) is 0.556. The average molecular weight is 148 g/mol. The van der Waals surface area contributed by atoms with Gasteiger partial charge in [-0.25, -0.2) is 0 Å². The van der Waals surface area contributed by atoms with Gasteiger partial charge in [-0.1, -0.05) is 12.8 Å². The van der Waals surface area contributed by atoms with Crippen LogP contribution in [-0.4, -0.2) is 18.7 Å². The zero-order valence-electron chi connectivity index (χ0n) is 5.09. The maximum Gasteiger partial charge on any atom is 0.276 e. The molecule has 9 heavy (non-hydrogen) atoms. The van der Waals surface area contributed by atoms with E-state index in [4.69, 9.17) is 4.55 Å². The molecule has 0 amide bonds. The second-order valence-electron chi connectivity index (χ2n) is 1.43. The highest BCUT2D eigenvalue weighted by molar-refractivity contribution is 7.86. The molecule has 0 aliphatic rings. The van der Waals surface area contributed by atoms with E-state index in [0.29, 0.717) is 6.42 Å². The van der Waals surface area contributed by atoms with Crippen LogP contribution in [0.2, 0.25) is 0 Å². The van der Waals surface area contributed by atoms with Crippen molar-refractivity contribution in [2.75, 3.05) is 5.75 Å². The summed E-state index contributed by atoms with van der Waals surface area (Å²) in [4.78, 5) is 0. The summed E-state index contributed by atoms with van der Waals surface area (Å²) < 4.78 is 28.0. The van der Waals surface area contributed by atoms with Crippen molar-refractivity contribution in [2.24, 2.45) is 0 Å². The van der Waals surface area contributed by atoms with Crippen LogP contribution in [0.1, 0.15) is 13.3 Å². The predicted octanol–water partition coefficient (Wildman–Crippen LogP) is 0.288. The molecule has 0 saturated carbocycles. The van der Waals surface area contributed by atoms with Crippen molar-refractivity contribution in [3.63, 3.8) is 0 Å². The van der Waals surface area contributed by atoms with Gasteiger partial charge in [0.05, 0.1) is 0 Å². The van der Waals surface area contributed by atoms with Gasteiger partial charge in [0.15, 0.2) is 0 Å². The molecule has 0 rings (SSSR count). The van der Waals surface area contributed by atoms with E-state index in [2.05, 4.69) is 11.8 Å². The molecule has 0 radical (unpaired) electrons. The summed E-state index contributed by atoms with van der Waals surface area (Å²) in [7, 11) is -3.87. The van der Waals surface area contributed by atoms with Crippen LogP contribution < -0.4 is 0 Å². The van der Waals surface area contributed by atoms with E-state index < -0.39 is 15.9 Å². The second-order valence-corrected chi connectivity index (χ2v) is 2.89. The number of hydrogen-bond acceptors (Lipinski definition) is 2. The Labute approximate surface area is 54.8 Å². The topological polar surface area (TPSA) is 54.4 Å². The fourth-order valence-corrected chi connectivity index (χ4v) is 0.552. The van der Waals surface area contributed by atoms with E-state index in [0.717, 1.165) is 0 Å². The molecule has 0 saturated heterocycles. The van der Waals surface area contributed by atoms with Crippen LogP contribution in [0.15, 0.2) is 0 Å². The van der Waals surface area contributed by atoms with E-state index in [-0.39, 0.29) is 0 Å². The van der Waals surface area contributed by atoms with Crippen LogP contribution in [0.3, 0.4) is 0 Å². The molecule has 0 aromatic heterocycles. The molecule has 52 valence electrons. The smallest absolute Gasteiger partial charge is 0.276 e. The Balaban J connectivity index is 3.79. The zero-order chi connectivity index (χ0) is 7.33. The Morgan fingerprint density at radius 2 is 2.00 bits per heavy atom. The van der Waals surface area contributed by atoms with Crippen molar-refractivity contribution < 1.29 is 13.0 Å². The molecule has 1 N–H and O–H groups in total. The van der Waals surface area contributed by atoms with Gasteiger partial charge in [0.1, 0.15) is 5.75 Å². The molecule has 0 aliphatic carbocycles. The summed E-state index contributed by atoms with van der Waals surface area (Å²) in [6.45, 7) is 1.80. The molecule has 3 nitrogen and oxygen atoms in total.